The first kappa shape index (κ1) is 15.9. The Morgan fingerprint density at radius 1 is 1.08 bits per heavy atom. The predicted octanol–water partition coefficient (Wildman–Crippen LogP) is 3.43. The normalized spacial score (nSPS) is 18.8. The zero-order valence-corrected chi connectivity index (χ0v) is 13.2. The monoisotopic (exact) mass is 321 g/mol. The highest BCUT2D eigenvalue weighted by molar-refractivity contribution is 5.67. The van der Waals surface area contributed by atoms with Crippen LogP contribution in [0.4, 0.5) is 10.5 Å². The molecule has 1 fully saturated rings. The van der Waals surface area contributed by atoms with Gasteiger partial charge in [-0.2, -0.15) is 5.26 Å². The van der Waals surface area contributed by atoms with Crippen molar-refractivity contribution in [3.8, 4) is 6.07 Å². The Kier molecular flexibility index (Phi) is 4.97. The molecule has 1 aliphatic rings. The van der Waals surface area contributed by atoms with E-state index in [2.05, 4.69) is 16.7 Å². The molecule has 0 aliphatic heterocycles. The third-order valence-electron chi connectivity index (χ3n) is 4.06. The zero-order chi connectivity index (χ0) is 16.8. The molecule has 3 rings (SSSR count). The smallest absolute Gasteiger partial charge is 0.407 e. The summed E-state index contributed by atoms with van der Waals surface area (Å²) in [7, 11) is 0. The van der Waals surface area contributed by atoms with Gasteiger partial charge in [0, 0.05) is 17.8 Å². The summed E-state index contributed by atoms with van der Waals surface area (Å²) in [5.74, 6) is 0. The molecule has 122 valence electrons. The summed E-state index contributed by atoms with van der Waals surface area (Å²) in [6.45, 7) is 0.284. The average Bonchev–Trinajstić information content (AvgIpc) is 2.59. The fraction of sp³-hybridized carbons (Fsp3) is 0.263. The number of benzene rings is 2. The van der Waals surface area contributed by atoms with E-state index in [1.807, 2.05) is 42.5 Å². The molecule has 1 amide bonds. The fourth-order valence-corrected chi connectivity index (χ4v) is 2.66. The van der Waals surface area contributed by atoms with Crippen molar-refractivity contribution >= 4 is 11.8 Å². The minimum absolute atomic E-state index is 0.143. The molecule has 0 aromatic heterocycles. The highest BCUT2D eigenvalue weighted by Gasteiger charge is 2.30. The predicted molar refractivity (Wildman–Crippen MR) is 91.4 cm³/mol. The number of rotatable bonds is 5. The highest BCUT2D eigenvalue weighted by Crippen LogP contribution is 2.24. The van der Waals surface area contributed by atoms with E-state index >= 15 is 0 Å². The number of nitriles is 1. The molecule has 0 heterocycles. The van der Waals surface area contributed by atoms with Gasteiger partial charge in [0.15, 0.2) is 0 Å². The maximum absolute atomic E-state index is 11.8. The van der Waals surface area contributed by atoms with Gasteiger partial charge in [0.2, 0.25) is 0 Å². The maximum Gasteiger partial charge on any atom is 0.407 e. The summed E-state index contributed by atoms with van der Waals surface area (Å²) < 4.78 is 5.21. The number of hydrogen-bond donors (Lipinski definition) is 2. The van der Waals surface area contributed by atoms with Crippen molar-refractivity contribution in [1.29, 1.82) is 5.26 Å². The lowest BCUT2D eigenvalue weighted by atomic mass is 9.86. The van der Waals surface area contributed by atoms with Gasteiger partial charge in [0.05, 0.1) is 11.6 Å². The van der Waals surface area contributed by atoms with E-state index in [0.29, 0.717) is 11.6 Å². The van der Waals surface area contributed by atoms with Gasteiger partial charge in [-0.15, -0.1) is 0 Å². The molecule has 24 heavy (non-hydrogen) atoms. The minimum Gasteiger partial charge on any atom is -0.445 e. The van der Waals surface area contributed by atoms with E-state index in [0.717, 1.165) is 24.1 Å². The van der Waals surface area contributed by atoms with Gasteiger partial charge >= 0.3 is 6.09 Å². The maximum atomic E-state index is 11.8. The molecule has 0 bridgehead atoms. The summed E-state index contributed by atoms with van der Waals surface area (Å²) in [6.07, 6.45) is 1.35. The number of nitrogens with one attached hydrogen (secondary N) is 2. The summed E-state index contributed by atoms with van der Waals surface area (Å²) in [5.41, 5.74) is 2.61. The molecule has 5 nitrogen and oxygen atoms in total. The zero-order valence-electron chi connectivity index (χ0n) is 13.2. The lowest BCUT2D eigenvalue weighted by Gasteiger charge is -2.36. The van der Waals surface area contributed by atoms with Crippen molar-refractivity contribution in [1.82, 2.24) is 5.32 Å². The number of carbonyl (C=O) groups is 1. The third-order valence-corrected chi connectivity index (χ3v) is 4.06. The molecule has 2 aromatic carbocycles. The summed E-state index contributed by atoms with van der Waals surface area (Å²) in [4.78, 5) is 11.8. The quantitative estimate of drug-likeness (QED) is 0.885. The van der Waals surface area contributed by atoms with Crippen LogP contribution in [0.5, 0.6) is 0 Å². The van der Waals surface area contributed by atoms with Crippen LogP contribution in [0.3, 0.4) is 0 Å². The molecule has 0 spiro atoms. The molecular formula is C19H19N3O2. The van der Waals surface area contributed by atoms with Crippen LogP contribution in [0.15, 0.2) is 54.6 Å². The van der Waals surface area contributed by atoms with Crippen LogP contribution in [0.2, 0.25) is 0 Å². The molecule has 1 aliphatic carbocycles. The van der Waals surface area contributed by atoms with Crippen molar-refractivity contribution in [2.24, 2.45) is 0 Å². The summed E-state index contributed by atoms with van der Waals surface area (Å²) in [6, 6.07) is 19.6. The van der Waals surface area contributed by atoms with Crippen molar-refractivity contribution in [2.45, 2.75) is 31.5 Å². The van der Waals surface area contributed by atoms with Crippen LogP contribution < -0.4 is 10.6 Å². The lowest BCUT2D eigenvalue weighted by Crippen LogP contribution is -2.49. The Morgan fingerprint density at radius 2 is 1.79 bits per heavy atom. The van der Waals surface area contributed by atoms with Crippen LogP contribution in [-0.2, 0) is 11.3 Å². The minimum atomic E-state index is -0.374. The van der Waals surface area contributed by atoms with Crippen LogP contribution >= 0.6 is 0 Å². The van der Waals surface area contributed by atoms with Crippen molar-refractivity contribution in [3.05, 3.63) is 65.7 Å². The topological polar surface area (TPSA) is 74.2 Å². The molecule has 0 atom stereocenters. The molecule has 2 N–H and O–H groups in total. The molecule has 2 aromatic rings. The van der Waals surface area contributed by atoms with Gasteiger partial charge in [0.1, 0.15) is 6.61 Å². The molecule has 0 saturated heterocycles. The summed E-state index contributed by atoms with van der Waals surface area (Å²) in [5, 5.41) is 15.0. The second-order valence-electron chi connectivity index (χ2n) is 5.90. The number of ether oxygens (including phenoxy) is 1. The van der Waals surface area contributed by atoms with E-state index in [-0.39, 0.29) is 18.7 Å². The first-order valence-electron chi connectivity index (χ1n) is 7.97. The van der Waals surface area contributed by atoms with Crippen LogP contribution in [-0.4, -0.2) is 18.2 Å². The van der Waals surface area contributed by atoms with E-state index in [1.165, 1.54) is 0 Å². The molecule has 0 unspecified atom stereocenters. The van der Waals surface area contributed by atoms with Gasteiger partial charge in [-0.3, -0.25) is 0 Å². The van der Waals surface area contributed by atoms with E-state index in [4.69, 9.17) is 10.00 Å². The number of amides is 1. The molecule has 1 saturated carbocycles. The third kappa shape index (κ3) is 4.26. The van der Waals surface area contributed by atoms with Crippen LogP contribution in [0.25, 0.3) is 0 Å². The Hall–Kier alpha value is -3.00. The number of anilines is 1. The van der Waals surface area contributed by atoms with Crippen molar-refractivity contribution in [2.75, 3.05) is 5.32 Å². The standard InChI is InChI=1S/C19H19N3O2/c20-12-14-6-8-16(9-7-14)21-17-10-18(11-17)22-19(23)24-13-15-4-2-1-3-5-15/h1-9,17-18,21H,10-11,13H2,(H,22,23). The van der Waals surface area contributed by atoms with Crippen LogP contribution in [0, 0.1) is 11.3 Å². The fourth-order valence-electron chi connectivity index (χ4n) is 2.66. The number of hydrogen-bond acceptors (Lipinski definition) is 4. The lowest BCUT2D eigenvalue weighted by molar-refractivity contribution is 0.129. The Labute approximate surface area is 141 Å². The first-order chi connectivity index (χ1) is 11.7. The number of alkyl carbamates (subject to hydrolysis) is 1. The van der Waals surface area contributed by atoms with Gasteiger partial charge in [-0.05, 0) is 42.7 Å². The second kappa shape index (κ2) is 7.51. The largest absolute Gasteiger partial charge is 0.445 e. The number of nitrogens with zero attached hydrogens (tertiary/aromatic N) is 1. The van der Waals surface area contributed by atoms with E-state index < -0.39 is 0 Å². The highest BCUT2D eigenvalue weighted by atomic mass is 16.5. The van der Waals surface area contributed by atoms with Crippen LogP contribution in [0.1, 0.15) is 24.0 Å². The second-order valence-corrected chi connectivity index (χ2v) is 5.90. The average molecular weight is 321 g/mol. The van der Waals surface area contributed by atoms with Gasteiger partial charge < -0.3 is 15.4 Å². The van der Waals surface area contributed by atoms with Crippen molar-refractivity contribution in [3.63, 3.8) is 0 Å². The SMILES string of the molecule is N#Cc1ccc(NC2CC(NC(=O)OCc3ccccc3)C2)cc1. The summed E-state index contributed by atoms with van der Waals surface area (Å²) >= 11 is 0. The Morgan fingerprint density at radius 3 is 2.46 bits per heavy atom. The number of carbonyl (C=O) groups excluding carboxylic acids is 1. The van der Waals surface area contributed by atoms with Gasteiger partial charge in [0.25, 0.3) is 0 Å². The van der Waals surface area contributed by atoms with E-state index in [9.17, 15) is 4.79 Å². The molecule has 0 radical (unpaired) electrons. The van der Waals surface area contributed by atoms with Gasteiger partial charge in [-0.25, -0.2) is 4.79 Å². The van der Waals surface area contributed by atoms with E-state index in [1.54, 1.807) is 12.1 Å². The Bertz CT molecular complexity index is 717. The first-order valence-corrected chi connectivity index (χ1v) is 7.97. The van der Waals surface area contributed by atoms with Gasteiger partial charge in [-0.1, -0.05) is 30.3 Å². The van der Waals surface area contributed by atoms with Crippen molar-refractivity contribution < 1.29 is 9.53 Å². The Balaban J connectivity index is 1.35. The molecular weight excluding hydrogens is 302 g/mol. The molecule has 5 heteroatoms.